The van der Waals surface area contributed by atoms with Crippen molar-refractivity contribution in [3.63, 3.8) is 0 Å². The largest absolute Gasteiger partial charge is 0.252 e. The van der Waals surface area contributed by atoms with Crippen molar-refractivity contribution in [1.82, 2.24) is 9.97 Å². The van der Waals surface area contributed by atoms with Gasteiger partial charge in [-0.3, -0.25) is 4.98 Å². The van der Waals surface area contributed by atoms with Gasteiger partial charge in [0.25, 0.3) is 0 Å². The molecule has 0 saturated carbocycles. The normalized spacial score (nSPS) is 10.3. The second-order valence-corrected chi connectivity index (χ2v) is 4.48. The summed E-state index contributed by atoms with van der Waals surface area (Å²) in [5.74, 6) is -0.335. The number of rotatable bonds is 1. The molecule has 5 heteroatoms. The van der Waals surface area contributed by atoms with E-state index in [1.165, 1.54) is 23.6 Å². The highest BCUT2D eigenvalue weighted by atomic mass is 79.9. The summed E-state index contributed by atoms with van der Waals surface area (Å²) in [7, 11) is 0. The van der Waals surface area contributed by atoms with Crippen LogP contribution >= 0.6 is 27.3 Å². The molecule has 0 fully saturated rings. The molecule has 0 unspecified atom stereocenters. The van der Waals surface area contributed by atoms with Gasteiger partial charge in [0.15, 0.2) is 3.92 Å². The van der Waals surface area contributed by atoms with Crippen molar-refractivity contribution in [2.75, 3.05) is 0 Å². The molecule has 0 aliphatic heterocycles. The van der Waals surface area contributed by atoms with Crippen LogP contribution in [0.5, 0.6) is 0 Å². The van der Waals surface area contributed by atoms with E-state index in [0.29, 0.717) is 5.69 Å². The van der Waals surface area contributed by atoms with E-state index in [1.807, 2.05) is 5.38 Å². The van der Waals surface area contributed by atoms with Gasteiger partial charge in [0.1, 0.15) is 11.5 Å². The molecule has 2 heterocycles. The monoisotopic (exact) mass is 258 g/mol. The predicted molar refractivity (Wildman–Crippen MR) is 53.0 cm³/mol. The molecular weight excluding hydrogens is 255 g/mol. The lowest BCUT2D eigenvalue weighted by Gasteiger charge is -1.93. The van der Waals surface area contributed by atoms with Crippen LogP contribution in [0, 0.1) is 5.82 Å². The van der Waals surface area contributed by atoms with Gasteiger partial charge in [0, 0.05) is 5.38 Å². The first-order chi connectivity index (χ1) is 6.25. The van der Waals surface area contributed by atoms with E-state index in [-0.39, 0.29) is 5.82 Å². The molecule has 0 aliphatic carbocycles. The molecule has 2 rings (SSSR count). The zero-order chi connectivity index (χ0) is 9.26. The van der Waals surface area contributed by atoms with Crippen LogP contribution in [0.1, 0.15) is 0 Å². The average molecular weight is 259 g/mol. The van der Waals surface area contributed by atoms with E-state index in [0.717, 1.165) is 9.61 Å². The Kier molecular flexibility index (Phi) is 2.37. The molecule has 0 bridgehead atoms. The molecule has 0 atom stereocenters. The summed E-state index contributed by atoms with van der Waals surface area (Å²) in [5.41, 5.74) is 1.44. The summed E-state index contributed by atoms with van der Waals surface area (Å²) in [4.78, 5) is 8.07. The van der Waals surface area contributed by atoms with Crippen molar-refractivity contribution in [3.8, 4) is 11.4 Å². The Bertz CT molecular complexity index is 412. The highest BCUT2D eigenvalue weighted by molar-refractivity contribution is 9.11. The van der Waals surface area contributed by atoms with Crippen LogP contribution in [-0.4, -0.2) is 9.97 Å². The van der Waals surface area contributed by atoms with Crippen molar-refractivity contribution >= 4 is 27.3 Å². The maximum atomic E-state index is 12.5. The number of hydrogen-bond acceptors (Lipinski definition) is 3. The van der Waals surface area contributed by atoms with Crippen molar-refractivity contribution in [1.29, 1.82) is 0 Å². The Morgan fingerprint density at radius 3 is 2.69 bits per heavy atom. The fourth-order valence-corrected chi connectivity index (χ4v) is 1.90. The third kappa shape index (κ3) is 1.92. The molecule has 0 aliphatic rings. The molecule has 0 spiro atoms. The minimum absolute atomic E-state index is 0.335. The summed E-state index contributed by atoms with van der Waals surface area (Å²) in [6.07, 6.45) is 1.18. The number of aromatic nitrogens is 2. The Morgan fingerprint density at radius 2 is 2.15 bits per heavy atom. The summed E-state index contributed by atoms with van der Waals surface area (Å²) < 4.78 is 13.3. The molecule has 2 aromatic heterocycles. The highest BCUT2D eigenvalue weighted by Gasteiger charge is 2.03. The average Bonchev–Trinajstić information content (AvgIpc) is 2.53. The molecule has 0 saturated heterocycles. The smallest absolute Gasteiger partial charge is 0.159 e. The molecule has 0 radical (unpaired) electrons. The van der Waals surface area contributed by atoms with Crippen molar-refractivity contribution < 1.29 is 4.39 Å². The van der Waals surface area contributed by atoms with Crippen LogP contribution in [0.3, 0.4) is 0 Å². The van der Waals surface area contributed by atoms with Gasteiger partial charge < -0.3 is 0 Å². The fourth-order valence-electron chi connectivity index (χ4n) is 0.897. The zero-order valence-corrected chi connectivity index (χ0v) is 8.77. The molecular formula is C8H4BrFN2S. The van der Waals surface area contributed by atoms with Crippen LogP contribution in [0.2, 0.25) is 0 Å². The molecule has 13 heavy (non-hydrogen) atoms. The van der Waals surface area contributed by atoms with Crippen molar-refractivity contribution in [3.05, 3.63) is 33.4 Å². The van der Waals surface area contributed by atoms with Crippen molar-refractivity contribution in [2.24, 2.45) is 0 Å². The number of thiazole rings is 1. The summed E-state index contributed by atoms with van der Waals surface area (Å²) >= 11 is 4.72. The minimum atomic E-state index is -0.335. The molecule has 0 aromatic carbocycles. The zero-order valence-electron chi connectivity index (χ0n) is 6.37. The van der Waals surface area contributed by atoms with Crippen LogP contribution in [-0.2, 0) is 0 Å². The SMILES string of the molecule is Fc1ccc(-c2csc(Br)n2)nc1. The highest BCUT2D eigenvalue weighted by Crippen LogP contribution is 2.23. The maximum Gasteiger partial charge on any atom is 0.159 e. The van der Waals surface area contributed by atoms with Gasteiger partial charge >= 0.3 is 0 Å². The summed E-state index contributed by atoms with van der Waals surface area (Å²) in [5, 5.41) is 1.87. The van der Waals surface area contributed by atoms with Gasteiger partial charge in [0.2, 0.25) is 0 Å². The van der Waals surface area contributed by atoms with E-state index in [2.05, 4.69) is 25.9 Å². The molecule has 0 N–H and O–H groups in total. The van der Waals surface area contributed by atoms with Gasteiger partial charge in [-0.1, -0.05) is 0 Å². The van der Waals surface area contributed by atoms with Crippen LogP contribution in [0.25, 0.3) is 11.4 Å². The Balaban J connectivity index is 2.41. The first-order valence-corrected chi connectivity index (χ1v) is 5.16. The molecule has 0 amide bonds. The van der Waals surface area contributed by atoms with Gasteiger partial charge in [-0.25, -0.2) is 9.37 Å². The van der Waals surface area contributed by atoms with E-state index < -0.39 is 0 Å². The summed E-state index contributed by atoms with van der Waals surface area (Å²) in [6, 6.07) is 2.98. The van der Waals surface area contributed by atoms with E-state index in [1.54, 1.807) is 6.07 Å². The van der Waals surface area contributed by atoms with Gasteiger partial charge in [0.05, 0.1) is 11.9 Å². The molecule has 2 nitrogen and oxygen atoms in total. The quantitative estimate of drug-likeness (QED) is 0.786. The number of hydrogen-bond donors (Lipinski definition) is 0. The molecule has 2 aromatic rings. The van der Waals surface area contributed by atoms with Crippen LogP contribution in [0.15, 0.2) is 27.6 Å². The first kappa shape index (κ1) is 8.77. The maximum absolute atomic E-state index is 12.5. The fraction of sp³-hybridized carbons (Fsp3) is 0. The number of halogens is 2. The second kappa shape index (κ2) is 3.51. The van der Waals surface area contributed by atoms with Crippen LogP contribution < -0.4 is 0 Å². The third-order valence-electron chi connectivity index (χ3n) is 1.47. The standard InChI is InChI=1S/C8H4BrFN2S/c9-8-12-7(4-13-8)6-2-1-5(10)3-11-6/h1-4H. The van der Waals surface area contributed by atoms with Crippen molar-refractivity contribution in [2.45, 2.75) is 0 Å². The Morgan fingerprint density at radius 1 is 1.31 bits per heavy atom. The molecule has 66 valence electrons. The summed E-state index contributed by atoms with van der Waals surface area (Å²) in [6.45, 7) is 0. The third-order valence-corrected chi connectivity index (χ3v) is 2.83. The predicted octanol–water partition coefficient (Wildman–Crippen LogP) is 3.11. The van der Waals surface area contributed by atoms with Crippen LogP contribution in [0.4, 0.5) is 4.39 Å². The Labute approximate surface area is 86.6 Å². The topological polar surface area (TPSA) is 25.8 Å². The lowest BCUT2D eigenvalue weighted by molar-refractivity contribution is 0.622. The van der Waals surface area contributed by atoms with Gasteiger partial charge in [-0.15, -0.1) is 11.3 Å². The lowest BCUT2D eigenvalue weighted by atomic mass is 10.3. The minimum Gasteiger partial charge on any atom is -0.252 e. The number of nitrogens with zero attached hydrogens (tertiary/aromatic N) is 2. The lowest BCUT2D eigenvalue weighted by Crippen LogP contribution is -1.83. The first-order valence-electron chi connectivity index (χ1n) is 3.48. The van der Waals surface area contributed by atoms with E-state index >= 15 is 0 Å². The van der Waals surface area contributed by atoms with E-state index in [4.69, 9.17) is 0 Å². The van der Waals surface area contributed by atoms with Gasteiger partial charge in [-0.2, -0.15) is 0 Å². The Hall–Kier alpha value is -0.810. The second-order valence-electron chi connectivity index (χ2n) is 2.35. The van der Waals surface area contributed by atoms with E-state index in [9.17, 15) is 4.39 Å². The van der Waals surface area contributed by atoms with Gasteiger partial charge in [-0.05, 0) is 28.1 Å². The number of pyridine rings is 1.